The molecular formula is C30H40ClN3O5S. The molecule has 0 atom stereocenters. The summed E-state index contributed by atoms with van der Waals surface area (Å²) >= 11 is 6.29. The van der Waals surface area contributed by atoms with Crippen LogP contribution in [0, 0.1) is 5.41 Å². The molecule has 0 spiro atoms. The first kappa shape index (κ1) is 29.1. The number of carbonyl (C=O) groups excluding carboxylic acids is 1. The second-order valence-electron chi connectivity index (χ2n) is 12.7. The second-order valence-corrected chi connectivity index (χ2v) is 14.7. The highest BCUT2D eigenvalue weighted by Gasteiger charge is 2.54. The lowest BCUT2D eigenvalue weighted by Gasteiger charge is -2.46. The summed E-state index contributed by atoms with van der Waals surface area (Å²) in [6.07, 6.45) is 7.58. The molecule has 10 heteroatoms. The molecule has 0 unspecified atom stereocenters. The Morgan fingerprint density at radius 2 is 1.75 bits per heavy atom. The van der Waals surface area contributed by atoms with E-state index in [1.165, 1.54) is 12.5 Å². The maximum absolute atomic E-state index is 13.3. The van der Waals surface area contributed by atoms with Gasteiger partial charge in [0.1, 0.15) is 11.6 Å². The van der Waals surface area contributed by atoms with E-state index in [2.05, 4.69) is 9.71 Å². The fraction of sp³-hybridized carbons (Fsp3) is 0.600. The Balaban J connectivity index is 1.29. The number of nitrogens with zero attached hydrogens (tertiary/aromatic N) is 2. The number of pyridine rings is 1. The van der Waals surface area contributed by atoms with Crippen LogP contribution in [-0.4, -0.2) is 48.7 Å². The molecule has 1 saturated heterocycles. The Kier molecular flexibility index (Phi) is 7.87. The van der Waals surface area contributed by atoms with Crippen LogP contribution in [0.5, 0.6) is 5.75 Å². The van der Waals surface area contributed by atoms with Gasteiger partial charge >= 0.3 is 0 Å². The third kappa shape index (κ3) is 5.97. The number of rotatable bonds is 7. The molecule has 3 aliphatic rings. The average molecular weight is 590 g/mol. The largest absolute Gasteiger partial charge is 0.477 e. The first-order valence-electron chi connectivity index (χ1n) is 14.3. The molecule has 218 valence electrons. The summed E-state index contributed by atoms with van der Waals surface area (Å²) in [5, 5.41) is 11.3. The van der Waals surface area contributed by atoms with Crippen LogP contribution < -0.4 is 14.4 Å². The monoisotopic (exact) mass is 589 g/mol. The van der Waals surface area contributed by atoms with E-state index in [4.69, 9.17) is 16.3 Å². The van der Waals surface area contributed by atoms with Crippen LogP contribution in [0.2, 0.25) is 5.02 Å². The van der Waals surface area contributed by atoms with Gasteiger partial charge in [0, 0.05) is 31.0 Å². The molecule has 3 fully saturated rings. The van der Waals surface area contributed by atoms with Crippen molar-refractivity contribution in [2.45, 2.75) is 101 Å². The molecule has 2 heterocycles. The van der Waals surface area contributed by atoms with Gasteiger partial charge in [-0.05, 0) is 66.8 Å². The van der Waals surface area contributed by atoms with Gasteiger partial charge in [-0.25, -0.2) is 9.71 Å². The van der Waals surface area contributed by atoms with Crippen molar-refractivity contribution in [2.24, 2.45) is 5.41 Å². The molecule has 40 heavy (non-hydrogen) atoms. The smallest absolute Gasteiger partial charge is 0.281 e. The summed E-state index contributed by atoms with van der Waals surface area (Å²) in [5.41, 5.74) is -1.27. The SMILES string of the molecule is CC(C)(C)C1(O)CCN(c2cccc(S(=O)(=O)NC(=O)C3(Oc4cc(Cl)ccc4C4CCCCC4)CC3)n2)CC1. The van der Waals surface area contributed by atoms with E-state index in [1.807, 2.05) is 37.8 Å². The van der Waals surface area contributed by atoms with Crippen molar-refractivity contribution < 1.29 is 23.1 Å². The molecule has 2 aliphatic carbocycles. The van der Waals surface area contributed by atoms with Crippen LogP contribution in [-0.2, 0) is 14.8 Å². The number of benzene rings is 1. The van der Waals surface area contributed by atoms with Gasteiger partial charge < -0.3 is 14.7 Å². The van der Waals surface area contributed by atoms with E-state index in [-0.39, 0.29) is 10.4 Å². The van der Waals surface area contributed by atoms with Gasteiger partial charge in [0.05, 0.1) is 5.60 Å². The molecule has 2 aromatic rings. The van der Waals surface area contributed by atoms with Gasteiger partial charge in [-0.3, -0.25) is 4.79 Å². The van der Waals surface area contributed by atoms with E-state index < -0.39 is 27.1 Å². The van der Waals surface area contributed by atoms with Crippen LogP contribution in [0.15, 0.2) is 41.4 Å². The molecular weight excluding hydrogens is 550 g/mol. The average Bonchev–Trinajstić information content (AvgIpc) is 3.70. The summed E-state index contributed by atoms with van der Waals surface area (Å²) < 4.78 is 35.1. The van der Waals surface area contributed by atoms with Crippen molar-refractivity contribution in [3.8, 4) is 5.75 Å². The summed E-state index contributed by atoms with van der Waals surface area (Å²) in [7, 11) is -4.23. The van der Waals surface area contributed by atoms with Crippen molar-refractivity contribution >= 4 is 33.3 Å². The molecule has 8 nitrogen and oxygen atoms in total. The number of halogens is 1. The van der Waals surface area contributed by atoms with Crippen LogP contribution >= 0.6 is 11.6 Å². The molecule has 2 saturated carbocycles. The fourth-order valence-electron chi connectivity index (χ4n) is 5.90. The van der Waals surface area contributed by atoms with Crippen LogP contribution in [0.1, 0.15) is 90.0 Å². The molecule has 1 aliphatic heterocycles. The number of piperidine rings is 1. The van der Waals surface area contributed by atoms with Crippen molar-refractivity contribution in [2.75, 3.05) is 18.0 Å². The maximum atomic E-state index is 13.3. The van der Waals surface area contributed by atoms with Gasteiger partial charge in [0.25, 0.3) is 15.9 Å². The van der Waals surface area contributed by atoms with E-state index in [9.17, 15) is 18.3 Å². The molecule has 5 rings (SSSR count). The zero-order valence-corrected chi connectivity index (χ0v) is 25.2. The van der Waals surface area contributed by atoms with Crippen molar-refractivity contribution in [1.82, 2.24) is 9.71 Å². The van der Waals surface area contributed by atoms with Gasteiger partial charge in [0.15, 0.2) is 10.6 Å². The number of aromatic nitrogens is 1. The Morgan fingerprint density at radius 3 is 2.38 bits per heavy atom. The Morgan fingerprint density at radius 1 is 1.07 bits per heavy atom. The van der Waals surface area contributed by atoms with E-state index in [0.717, 1.165) is 31.2 Å². The summed E-state index contributed by atoms with van der Waals surface area (Å²) in [6, 6.07) is 10.3. The lowest BCUT2D eigenvalue weighted by Crippen LogP contribution is -2.52. The third-order valence-corrected chi connectivity index (χ3v) is 10.4. The van der Waals surface area contributed by atoms with E-state index >= 15 is 0 Å². The van der Waals surface area contributed by atoms with Gasteiger partial charge in [-0.1, -0.05) is 63.8 Å². The first-order chi connectivity index (χ1) is 18.8. The number of ether oxygens (including phenoxy) is 1. The molecule has 1 aromatic carbocycles. The summed E-state index contributed by atoms with van der Waals surface area (Å²) in [6.45, 7) is 7.18. The Labute approximate surface area is 242 Å². The summed E-state index contributed by atoms with van der Waals surface area (Å²) in [4.78, 5) is 19.7. The predicted octanol–water partition coefficient (Wildman–Crippen LogP) is 5.58. The molecule has 2 N–H and O–H groups in total. The summed E-state index contributed by atoms with van der Waals surface area (Å²) in [5.74, 6) is 0.705. The van der Waals surface area contributed by atoms with Crippen LogP contribution in [0.25, 0.3) is 0 Å². The number of amides is 1. The minimum atomic E-state index is -4.23. The highest BCUT2D eigenvalue weighted by atomic mass is 35.5. The number of anilines is 1. The highest BCUT2D eigenvalue weighted by Crippen LogP contribution is 2.46. The molecule has 1 aromatic heterocycles. The fourth-order valence-corrected chi connectivity index (χ4v) is 7.07. The van der Waals surface area contributed by atoms with Crippen molar-refractivity contribution in [3.05, 3.63) is 47.0 Å². The minimum absolute atomic E-state index is 0.226. The van der Waals surface area contributed by atoms with Gasteiger partial charge in [-0.15, -0.1) is 0 Å². The van der Waals surface area contributed by atoms with E-state index in [1.54, 1.807) is 18.2 Å². The lowest BCUT2D eigenvalue weighted by molar-refractivity contribution is -0.128. The second kappa shape index (κ2) is 10.8. The van der Waals surface area contributed by atoms with Crippen LogP contribution in [0.4, 0.5) is 5.82 Å². The van der Waals surface area contributed by atoms with Gasteiger partial charge in [-0.2, -0.15) is 8.42 Å². The molecule has 0 bridgehead atoms. The minimum Gasteiger partial charge on any atom is -0.477 e. The number of aliphatic hydroxyl groups is 1. The highest BCUT2D eigenvalue weighted by molar-refractivity contribution is 7.90. The predicted molar refractivity (Wildman–Crippen MR) is 155 cm³/mol. The number of nitrogens with one attached hydrogen (secondary N) is 1. The first-order valence-corrected chi connectivity index (χ1v) is 16.2. The zero-order chi connectivity index (χ0) is 28.8. The third-order valence-electron chi connectivity index (χ3n) is 8.97. The Bertz CT molecular complexity index is 1360. The lowest BCUT2D eigenvalue weighted by atomic mass is 9.71. The number of carbonyl (C=O) groups is 1. The Hall–Kier alpha value is -2.36. The standard InChI is InChI=1S/C30H40ClN3O5S/c1-28(2,3)30(36)16-18-34(19-17-30)25-10-7-11-26(32-25)40(37,38)33-27(35)29(14-15-29)39-24-20-22(31)12-13-23(24)21-8-5-4-6-9-21/h7,10-13,20-21,36H,4-6,8-9,14-19H2,1-3H3,(H,33,35). The van der Waals surface area contributed by atoms with Gasteiger partial charge in [0.2, 0.25) is 0 Å². The van der Waals surface area contributed by atoms with Crippen molar-refractivity contribution in [1.29, 1.82) is 0 Å². The molecule has 0 radical (unpaired) electrons. The topological polar surface area (TPSA) is 109 Å². The number of sulfonamides is 1. The maximum Gasteiger partial charge on any atom is 0.281 e. The molecule has 1 amide bonds. The quantitative estimate of drug-likeness (QED) is 0.434. The zero-order valence-electron chi connectivity index (χ0n) is 23.6. The number of hydrogen-bond donors (Lipinski definition) is 2. The normalized spacial score (nSPS) is 21.1. The van der Waals surface area contributed by atoms with E-state index in [0.29, 0.717) is 61.3 Å². The van der Waals surface area contributed by atoms with Crippen LogP contribution in [0.3, 0.4) is 0 Å². The number of hydrogen-bond acceptors (Lipinski definition) is 7. The van der Waals surface area contributed by atoms with Crippen molar-refractivity contribution in [3.63, 3.8) is 0 Å².